The fourth-order valence-electron chi connectivity index (χ4n) is 1.88. The van der Waals surface area contributed by atoms with Crippen LogP contribution in [0.5, 0.6) is 5.75 Å². The molecule has 1 amide bonds. The number of nitrogens with zero attached hydrogens (tertiary/aromatic N) is 4. The number of nitrogens with one attached hydrogen (secondary N) is 1. The Labute approximate surface area is 140 Å². The number of hydrogen-bond donors (Lipinski definition) is 1. The van der Waals surface area contributed by atoms with Gasteiger partial charge in [0.15, 0.2) is 6.61 Å². The number of tetrazole rings is 1. The molecule has 0 aliphatic rings. The number of ether oxygens (including phenoxy) is 1. The van der Waals surface area contributed by atoms with Crippen LogP contribution >= 0.6 is 15.9 Å². The zero-order valence-corrected chi connectivity index (χ0v) is 13.5. The number of halogens is 1. The summed E-state index contributed by atoms with van der Waals surface area (Å²) in [5, 5.41) is 13.7. The molecule has 7 nitrogen and oxygen atoms in total. The maximum atomic E-state index is 11.9. The molecule has 0 fully saturated rings. The second kappa shape index (κ2) is 7.01. The Morgan fingerprint density at radius 2 is 2.04 bits per heavy atom. The highest BCUT2D eigenvalue weighted by Gasteiger charge is 2.05. The summed E-state index contributed by atoms with van der Waals surface area (Å²) in [5.41, 5.74) is 1.48. The molecule has 0 spiro atoms. The van der Waals surface area contributed by atoms with Gasteiger partial charge in [0.2, 0.25) is 0 Å². The third-order valence-corrected chi connectivity index (χ3v) is 3.42. The Balaban J connectivity index is 1.55. The summed E-state index contributed by atoms with van der Waals surface area (Å²) < 4.78 is 7.86. The maximum absolute atomic E-state index is 11.9. The van der Waals surface area contributed by atoms with E-state index in [4.69, 9.17) is 4.74 Å². The number of benzene rings is 2. The van der Waals surface area contributed by atoms with Crippen LogP contribution in [-0.4, -0.2) is 32.7 Å². The predicted octanol–water partition coefficient (Wildman–Crippen LogP) is 2.44. The van der Waals surface area contributed by atoms with Gasteiger partial charge in [-0.25, -0.2) is 4.68 Å². The normalized spacial score (nSPS) is 10.3. The predicted molar refractivity (Wildman–Crippen MR) is 87.4 cm³/mol. The van der Waals surface area contributed by atoms with Gasteiger partial charge in [0.1, 0.15) is 12.1 Å². The molecule has 3 rings (SSSR count). The van der Waals surface area contributed by atoms with Crippen molar-refractivity contribution in [1.29, 1.82) is 0 Å². The van der Waals surface area contributed by atoms with Gasteiger partial charge >= 0.3 is 0 Å². The SMILES string of the molecule is O=C(COc1cccc(Br)c1)Nc1ccc(-n2cnnn2)cc1. The van der Waals surface area contributed by atoms with E-state index in [9.17, 15) is 4.79 Å². The van der Waals surface area contributed by atoms with Crippen molar-refractivity contribution >= 4 is 27.5 Å². The van der Waals surface area contributed by atoms with Crippen molar-refractivity contribution in [3.63, 3.8) is 0 Å². The molecule has 0 bridgehead atoms. The summed E-state index contributed by atoms with van der Waals surface area (Å²) in [7, 11) is 0. The minimum absolute atomic E-state index is 0.0643. The standard InChI is InChI=1S/C15H12BrN5O2/c16-11-2-1-3-14(8-11)23-9-15(22)18-12-4-6-13(7-5-12)21-10-17-19-20-21/h1-8,10H,9H2,(H,18,22). The highest BCUT2D eigenvalue weighted by atomic mass is 79.9. The molecule has 1 aromatic heterocycles. The van der Waals surface area contributed by atoms with Crippen molar-refractivity contribution in [1.82, 2.24) is 20.2 Å². The Morgan fingerprint density at radius 3 is 2.74 bits per heavy atom. The second-order valence-corrected chi connectivity index (χ2v) is 5.51. The molecular formula is C15H12BrN5O2. The first kappa shape index (κ1) is 15.2. The smallest absolute Gasteiger partial charge is 0.262 e. The summed E-state index contributed by atoms with van der Waals surface area (Å²) in [6.07, 6.45) is 1.50. The van der Waals surface area contributed by atoms with E-state index in [0.717, 1.165) is 10.2 Å². The molecule has 116 valence electrons. The van der Waals surface area contributed by atoms with Crippen LogP contribution in [0.15, 0.2) is 59.3 Å². The van der Waals surface area contributed by atoms with E-state index in [0.29, 0.717) is 11.4 Å². The summed E-state index contributed by atoms with van der Waals surface area (Å²) in [4.78, 5) is 11.9. The molecule has 23 heavy (non-hydrogen) atoms. The number of aromatic nitrogens is 4. The van der Waals surface area contributed by atoms with Crippen LogP contribution in [0.25, 0.3) is 5.69 Å². The summed E-state index contributed by atoms with van der Waals surface area (Å²) >= 11 is 3.35. The van der Waals surface area contributed by atoms with E-state index in [1.165, 1.54) is 11.0 Å². The first-order chi connectivity index (χ1) is 11.2. The molecule has 3 aromatic rings. The largest absolute Gasteiger partial charge is 0.484 e. The number of carbonyl (C=O) groups excluding carboxylic acids is 1. The molecule has 1 N–H and O–H groups in total. The Morgan fingerprint density at radius 1 is 1.22 bits per heavy atom. The zero-order chi connectivity index (χ0) is 16.1. The van der Waals surface area contributed by atoms with Crippen LogP contribution in [0, 0.1) is 0 Å². The number of hydrogen-bond acceptors (Lipinski definition) is 5. The van der Waals surface area contributed by atoms with Crippen molar-refractivity contribution in [2.24, 2.45) is 0 Å². The van der Waals surface area contributed by atoms with E-state index < -0.39 is 0 Å². The van der Waals surface area contributed by atoms with E-state index in [1.54, 1.807) is 36.4 Å². The molecular weight excluding hydrogens is 362 g/mol. The molecule has 2 aromatic carbocycles. The molecule has 0 aliphatic carbocycles. The molecule has 1 heterocycles. The first-order valence-electron chi connectivity index (χ1n) is 6.72. The van der Waals surface area contributed by atoms with Gasteiger partial charge in [-0.15, -0.1) is 5.10 Å². The molecule has 0 atom stereocenters. The van der Waals surface area contributed by atoms with Crippen molar-refractivity contribution in [2.45, 2.75) is 0 Å². The van der Waals surface area contributed by atoms with Crippen molar-refractivity contribution in [3.05, 3.63) is 59.3 Å². The number of amides is 1. The summed E-state index contributed by atoms with van der Waals surface area (Å²) in [6, 6.07) is 14.5. The Hall–Kier alpha value is -2.74. The molecule has 0 unspecified atom stereocenters. The van der Waals surface area contributed by atoms with Gasteiger partial charge in [-0.2, -0.15) is 0 Å². The first-order valence-corrected chi connectivity index (χ1v) is 7.52. The van der Waals surface area contributed by atoms with E-state index >= 15 is 0 Å². The topological polar surface area (TPSA) is 81.9 Å². The summed E-state index contributed by atoms with van der Waals surface area (Å²) in [6.45, 7) is -0.0643. The minimum Gasteiger partial charge on any atom is -0.484 e. The Kier molecular flexibility index (Phi) is 4.62. The zero-order valence-electron chi connectivity index (χ0n) is 11.9. The quantitative estimate of drug-likeness (QED) is 0.742. The fourth-order valence-corrected chi connectivity index (χ4v) is 2.26. The van der Waals surface area contributed by atoms with Crippen LogP contribution in [0.2, 0.25) is 0 Å². The average Bonchev–Trinajstić information content (AvgIpc) is 3.08. The molecule has 0 saturated carbocycles. The number of anilines is 1. The third-order valence-electron chi connectivity index (χ3n) is 2.93. The highest BCUT2D eigenvalue weighted by Crippen LogP contribution is 2.18. The van der Waals surface area contributed by atoms with Crippen LogP contribution < -0.4 is 10.1 Å². The lowest BCUT2D eigenvalue weighted by molar-refractivity contribution is -0.118. The van der Waals surface area contributed by atoms with Crippen LogP contribution in [-0.2, 0) is 4.79 Å². The fraction of sp³-hybridized carbons (Fsp3) is 0.0667. The van der Waals surface area contributed by atoms with Crippen LogP contribution in [0.1, 0.15) is 0 Å². The highest BCUT2D eigenvalue weighted by molar-refractivity contribution is 9.10. The third kappa shape index (κ3) is 4.13. The van der Waals surface area contributed by atoms with Crippen molar-refractivity contribution < 1.29 is 9.53 Å². The minimum atomic E-state index is -0.236. The molecule has 8 heteroatoms. The van der Waals surface area contributed by atoms with E-state index in [1.807, 2.05) is 12.1 Å². The lowest BCUT2D eigenvalue weighted by Gasteiger charge is -2.08. The molecule has 0 aliphatic heterocycles. The van der Waals surface area contributed by atoms with Gasteiger partial charge in [-0.05, 0) is 52.9 Å². The maximum Gasteiger partial charge on any atom is 0.262 e. The van der Waals surface area contributed by atoms with Gasteiger partial charge in [-0.1, -0.05) is 22.0 Å². The van der Waals surface area contributed by atoms with Gasteiger partial charge < -0.3 is 10.1 Å². The number of carbonyl (C=O) groups is 1. The average molecular weight is 374 g/mol. The Bertz CT molecular complexity index is 790. The van der Waals surface area contributed by atoms with Crippen LogP contribution in [0.3, 0.4) is 0 Å². The van der Waals surface area contributed by atoms with Crippen molar-refractivity contribution in [3.8, 4) is 11.4 Å². The molecule has 0 radical (unpaired) electrons. The van der Waals surface area contributed by atoms with Crippen molar-refractivity contribution in [2.75, 3.05) is 11.9 Å². The summed E-state index contributed by atoms with van der Waals surface area (Å²) in [5.74, 6) is 0.392. The molecule has 0 saturated heterocycles. The van der Waals surface area contributed by atoms with E-state index in [2.05, 4.69) is 36.8 Å². The number of rotatable bonds is 5. The van der Waals surface area contributed by atoms with E-state index in [-0.39, 0.29) is 12.5 Å². The lowest BCUT2D eigenvalue weighted by Crippen LogP contribution is -2.20. The van der Waals surface area contributed by atoms with Gasteiger partial charge in [0, 0.05) is 10.2 Å². The van der Waals surface area contributed by atoms with Gasteiger partial charge in [0.25, 0.3) is 5.91 Å². The van der Waals surface area contributed by atoms with Crippen LogP contribution in [0.4, 0.5) is 5.69 Å². The second-order valence-electron chi connectivity index (χ2n) is 4.60. The monoisotopic (exact) mass is 373 g/mol. The van der Waals surface area contributed by atoms with Gasteiger partial charge in [0.05, 0.1) is 5.69 Å². The lowest BCUT2D eigenvalue weighted by atomic mass is 10.3. The van der Waals surface area contributed by atoms with Gasteiger partial charge in [-0.3, -0.25) is 4.79 Å².